The normalized spacial score (nSPS) is 16.3. The third-order valence-corrected chi connectivity index (χ3v) is 3.78. The number of halogens is 1. The number of nitrogens with two attached hydrogens (primary N) is 1. The molecule has 6 nitrogen and oxygen atoms in total. The number of ether oxygens (including phenoxy) is 1. The fraction of sp³-hybridized carbons (Fsp3) is 0.500. The fourth-order valence-corrected chi connectivity index (χ4v) is 2.59. The Hall–Kier alpha value is -1.63. The molecule has 1 saturated heterocycles. The van der Waals surface area contributed by atoms with E-state index in [-0.39, 0.29) is 30.8 Å². The highest BCUT2D eigenvalue weighted by Gasteiger charge is 2.25. The first-order valence-electron chi connectivity index (χ1n) is 7.51. The Labute approximate surface area is 143 Å². The first-order chi connectivity index (χ1) is 10.6. The van der Waals surface area contributed by atoms with Crippen LogP contribution < -0.4 is 5.73 Å². The molecule has 1 heterocycles. The smallest absolute Gasteiger partial charge is 0.253 e. The molecule has 7 heteroatoms. The molecule has 2 rings (SSSR count). The molecule has 0 radical (unpaired) electrons. The first-order valence-corrected chi connectivity index (χ1v) is 7.51. The van der Waals surface area contributed by atoms with E-state index >= 15 is 0 Å². The van der Waals surface area contributed by atoms with Gasteiger partial charge in [0.05, 0.1) is 6.61 Å². The molecule has 0 saturated carbocycles. The van der Waals surface area contributed by atoms with Gasteiger partial charge in [0.15, 0.2) is 0 Å². The van der Waals surface area contributed by atoms with Crippen LogP contribution in [0.2, 0.25) is 0 Å². The molecule has 1 unspecified atom stereocenters. The molecule has 0 aromatic heterocycles. The van der Waals surface area contributed by atoms with Crippen molar-refractivity contribution in [1.29, 1.82) is 0 Å². The minimum Gasteiger partial charge on any atom is -0.383 e. The lowest BCUT2D eigenvalue weighted by Gasteiger charge is -2.24. The molecular weight excluding hydrogens is 318 g/mol. The molecule has 1 atom stereocenters. The molecule has 1 aromatic carbocycles. The number of hydrogen-bond donors (Lipinski definition) is 1. The second-order valence-corrected chi connectivity index (χ2v) is 5.40. The van der Waals surface area contributed by atoms with E-state index in [1.807, 2.05) is 30.3 Å². The Balaban J connectivity index is 0.00000264. The molecule has 1 fully saturated rings. The average molecular weight is 342 g/mol. The van der Waals surface area contributed by atoms with Crippen LogP contribution in [0, 0.1) is 0 Å². The molecule has 23 heavy (non-hydrogen) atoms. The largest absolute Gasteiger partial charge is 0.383 e. The van der Waals surface area contributed by atoms with Crippen molar-refractivity contribution in [1.82, 2.24) is 9.80 Å². The van der Waals surface area contributed by atoms with Gasteiger partial charge >= 0.3 is 0 Å². The molecule has 0 spiro atoms. The summed E-state index contributed by atoms with van der Waals surface area (Å²) in [6, 6.07) is 8.57. The lowest BCUT2D eigenvalue weighted by Crippen LogP contribution is -2.47. The molecule has 0 bridgehead atoms. The lowest BCUT2D eigenvalue weighted by atomic mass is 10.2. The van der Waals surface area contributed by atoms with Gasteiger partial charge < -0.3 is 20.3 Å². The maximum absolute atomic E-state index is 12.4. The zero-order valence-electron chi connectivity index (χ0n) is 13.3. The van der Waals surface area contributed by atoms with E-state index in [1.165, 1.54) is 7.11 Å². The number of carbonyl (C=O) groups is 2. The Morgan fingerprint density at radius 3 is 2.39 bits per heavy atom. The van der Waals surface area contributed by atoms with E-state index in [0.29, 0.717) is 31.7 Å². The highest BCUT2D eigenvalue weighted by Crippen LogP contribution is 2.10. The molecule has 1 aliphatic heterocycles. The minimum absolute atomic E-state index is 0. The summed E-state index contributed by atoms with van der Waals surface area (Å²) in [5, 5.41) is 0. The highest BCUT2D eigenvalue weighted by molar-refractivity contribution is 5.94. The van der Waals surface area contributed by atoms with Crippen molar-refractivity contribution >= 4 is 24.2 Å². The van der Waals surface area contributed by atoms with E-state index < -0.39 is 6.04 Å². The van der Waals surface area contributed by atoms with Crippen molar-refractivity contribution in [2.45, 2.75) is 12.5 Å². The number of amides is 2. The van der Waals surface area contributed by atoms with Crippen LogP contribution in [0.15, 0.2) is 30.3 Å². The van der Waals surface area contributed by atoms with Gasteiger partial charge in [-0.25, -0.2) is 0 Å². The van der Waals surface area contributed by atoms with Crippen molar-refractivity contribution in [3.63, 3.8) is 0 Å². The van der Waals surface area contributed by atoms with Gasteiger partial charge in [0.2, 0.25) is 5.91 Å². The van der Waals surface area contributed by atoms with E-state index in [0.717, 1.165) is 6.42 Å². The zero-order valence-corrected chi connectivity index (χ0v) is 14.1. The molecule has 2 N–H and O–H groups in total. The van der Waals surface area contributed by atoms with Crippen LogP contribution in [0.3, 0.4) is 0 Å². The van der Waals surface area contributed by atoms with Crippen molar-refractivity contribution in [3.05, 3.63) is 35.9 Å². The van der Waals surface area contributed by atoms with Crippen LogP contribution in [0.5, 0.6) is 0 Å². The van der Waals surface area contributed by atoms with Gasteiger partial charge in [-0.15, -0.1) is 12.4 Å². The number of nitrogens with zero attached hydrogens (tertiary/aromatic N) is 2. The Morgan fingerprint density at radius 2 is 1.74 bits per heavy atom. The topological polar surface area (TPSA) is 75.9 Å². The molecule has 0 aliphatic carbocycles. The molecule has 1 aliphatic rings. The van der Waals surface area contributed by atoms with Gasteiger partial charge in [-0.3, -0.25) is 9.59 Å². The summed E-state index contributed by atoms with van der Waals surface area (Å²) in [5.41, 5.74) is 6.48. The van der Waals surface area contributed by atoms with Crippen LogP contribution >= 0.6 is 12.4 Å². The number of rotatable bonds is 4. The van der Waals surface area contributed by atoms with E-state index in [2.05, 4.69) is 0 Å². The Morgan fingerprint density at radius 1 is 1.13 bits per heavy atom. The van der Waals surface area contributed by atoms with Crippen LogP contribution in [-0.2, 0) is 9.53 Å². The summed E-state index contributed by atoms with van der Waals surface area (Å²) in [4.78, 5) is 28.2. The van der Waals surface area contributed by atoms with Crippen LogP contribution in [0.1, 0.15) is 16.8 Å². The van der Waals surface area contributed by atoms with Gasteiger partial charge in [0.1, 0.15) is 6.04 Å². The monoisotopic (exact) mass is 341 g/mol. The second-order valence-electron chi connectivity index (χ2n) is 5.40. The van der Waals surface area contributed by atoms with Crippen molar-refractivity contribution < 1.29 is 14.3 Å². The SMILES string of the molecule is COCC(N)C(=O)N1CCCN(C(=O)c2ccccc2)CC1.Cl. The maximum atomic E-state index is 12.4. The first kappa shape index (κ1) is 19.4. The summed E-state index contributed by atoms with van der Waals surface area (Å²) in [6.07, 6.45) is 0.754. The summed E-state index contributed by atoms with van der Waals surface area (Å²) in [5.74, 6) is -0.105. The molecule has 128 valence electrons. The van der Waals surface area contributed by atoms with Crippen molar-refractivity contribution in [2.75, 3.05) is 39.9 Å². The summed E-state index contributed by atoms with van der Waals surface area (Å²) >= 11 is 0. The highest BCUT2D eigenvalue weighted by atomic mass is 35.5. The summed E-state index contributed by atoms with van der Waals surface area (Å²) in [6.45, 7) is 2.52. The molecule has 1 aromatic rings. The van der Waals surface area contributed by atoms with Crippen molar-refractivity contribution in [3.8, 4) is 0 Å². The number of hydrogen-bond acceptors (Lipinski definition) is 4. The lowest BCUT2D eigenvalue weighted by molar-refractivity contribution is -0.133. The van der Waals surface area contributed by atoms with Gasteiger partial charge in [-0.1, -0.05) is 18.2 Å². The predicted octanol–water partition coefficient (Wildman–Crippen LogP) is 0.757. The van der Waals surface area contributed by atoms with Gasteiger partial charge in [-0.2, -0.15) is 0 Å². The second kappa shape index (κ2) is 9.50. The molecule has 2 amide bonds. The number of carbonyl (C=O) groups excluding carboxylic acids is 2. The third-order valence-electron chi connectivity index (χ3n) is 3.78. The van der Waals surface area contributed by atoms with Gasteiger partial charge in [0, 0.05) is 38.9 Å². The predicted molar refractivity (Wildman–Crippen MR) is 90.6 cm³/mol. The number of benzene rings is 1. The van der Waals surface area contributed by atoms with E-state index in [4.69, 9.17) is 10.5 Å². The maximum Gasteiger partial charge on any atom is 0.253 e. The average Bonchev–Trinajstić information content (AvgIpc) is 2.80. The van der Waals surface area contributed by atoms with E-state index in [9.17, 15) is 9.59 Å². The summed E-state index contributed by atoms with van der Waals surface area (Å²) in [7, 11) is 1.52. The van der Waals surface area contributed by atoms with Crippen LogP contribution in [-0.4, -0.2) is 67.6 Å². The number of methoxy groups -OCH3 is 1. The van der Waals surface area contributed by atoms with Gasteiger partial charge in [0.25, 0.3) is 5.91 Å². The van der Waals surface area contributed by atoms with Crippen LogP contribution in [0.4, 0.5) is 0 Å². The quantitative estimate of drug-likeness (QED) is 0.877. The summed E-state index contributed by atoms with van der Waals surface area (Å²) < 4.78 is 4.93. The minimum atomic E-state index is -0.638. The zero-order chi connectivity index (χ0) is 15.9. The standard InChI is InChI=1S/C16H23N3O3.ClH/c1-22-12-14(17)16(21)19-9-5-8-18(10-11-19)15(20)13-6-3-2-4-7-13;/h2-4,6-7,14H,5,8-12,17H2,1H3;1H. The molecular formula is C16H24ClN3O3. The Bertz CT molecular complexity index is 513. The van der Waals surface area contributed by atoms with Crippen molar-refractivity contribution in [2.24, 2.45) is 5.73 Å². The van der Waals surface area contributed by atoms with Crippen LogP contribution in [0.25, 0.3) is 0 Å². The third kappa shape index (κ3) is 5.20. The van der Waals surface area contributed by atoms with E-state index in [1.54, 1.807) is 9.80 Å². The van der Waals surface area contributed by atoms with Gasteiger partial charge in [-0.05, 0) is 18.6 Å². The fourth-order valence-electron chi connectivity index (χ4n) is 2.59. The Kier molecular flexibility index (Phi) is 8.02.